The topological polar surface area (TPSA) is 79.4 Å². The smallest absolute Gasteiger partial charge is 0.251 e. The summed E-state index contributed by atoms with van der Waals surface area (Å²) in [5.74, 6) is 1.56. The highest BCUT2D eigenvalue weighted by Gasteiger charge is 2.13. The zero-order valence-electron chi connectivity index (χ0n) is 15.6. The fourth-order valence-corrected chi connectivity index (χ4v) is 3.29. The molecule has 0 radical (unpaired) electrons. The van der Waals surface area contributed by atoms with E-state index in [1.54, 1.807) is 6.33 Å². The van der Waals surface area contributed by atoms with Gasteiger partial charge in [0.25, 0.3) is 5.91 Å². The van der Waals surface area contributed by atoms with E-state index >= 15 is 0 Å². The summed E-state index contributed by atoms with van der Waals surface area (Å²) in [5.41, 5.74) is 0.690. The van der Waals surface area contributed by atoms with Gasteiger partial charge in [-0.2, -0.15) is 0 Å². The normalized spacial score (nSPS) is 14.1. The molecule has 0 aliphatic carbocycles. The van der Waals surface area contributed by atoms with E-state index < -0.39 is 0 Å². The summed E-state index contributed by atoms with van der Waals surface area (Å²) in [5, 5.41) is 8.23. The lowest BCUT2D eigenvalue weighted by atomic mass is 10.0. The van der Waals surface area contributed by atoms with E-state index in [0.29, 0.717) is 31.9 Å². The Labute approximate surface area is 163 Å². The van der Waals surface area contributed by atoms with E-state index in [9.17, 15) is 4.79 Å². The number of ether oxygens (including phenoxy) is 1. The van der Waals surface area contributed by atoms with E-state index in [4.69, 9.17) is 4.74 Å². The van der Waals surface area contributed by atoms with Crippen LogP contribution in [-0.4, -0.2) is 55.3 Å². The molecule has 7 heteroatoms. The molecule has 1 amide bonds. The second kappa shape index (κ2) is 8.67. The monoisotopic (exact) mass is 377 g/mol. The van der Waals surface area contributed by atoms with Gasteiger partial charge in [0.05, 0.1) is 13.2 Å². The number of nitrogens with one attached hydrogen (secondary N) is 2. The van der Waals surface area contributed by atoms with Gasteiger partial charge in [0.1, 0.15) is 18.0 Å². The van der Waals surface area contributed by atoms with E-state index in [0.717, 1.165) is 35.5 Å². The van der Waals surface area contributed by atoms with Crippen molar-refractivity contribution in [3.05, 3.63) is 60.4 Å². The molecule has 1 aliphatic heterocycles. The van der Waals surface area contributed by atoms with Gasteiger partial charge in [-0.3, -0.25) is 4.79 Å². The molecular formula is C21H23N5O2. The maximum absolute atomic E-state index is 12.5. The quantitative estimate of drug-likeness (QED) is 0.642. The van der Waals surface area contributed by atoms with Crippen LogP contribution < -0.4 is 15.5 Å². The van der Waals surface area contributed by atoms with E-state index in [2.05, 4.69) is 25.5 Å². The van der Waals surface area contributed by atoms with Crippen molar-refractivity contribution in [2.24, 2.45) is 0 Å². The average Bonchev–Trinajstić information content (AvgIpc) is 2.77. The Kier molecular flexibility index (Phi) is 5.63. The zero-order chi connectivity index (χ0) is 19.2. The van der Waals surface area contributed by atoms with Gasteiger partial charge in [0, 0.05) is 37.8 Å². The molecule has 2 heterocycles. The Bertz CT molecular complexity index is 951. The molecule has 0 atom stereocenters. The second-order valence-corrected chi connectivity index (χ2v) is 6.57. The molecule has 1 saturated heterocycles. The second-order valence-electron chi connectivity index (χ2n) is 6.57. The third-order valence-corrected chi connectivity index (χ3v) is 4.74. The Morgan fingerprint density at radius 2 is 1.86 bits per heavy atom. The van der Waals surface area contributed by atoms with Gasteiger partial charge in [0.2, 0.25) is 0 Å². The molecule has 7 nitrogen and oxygen atoms in total. The van der Waals surface area contributed by atoms with Gasteiger partial charge in [-0.15, -0.1) is 0 Å². The minimum atomic E-state index is -0.0738. The standard InChI is InChI=1S/C21H23N5O2/c27-21(18-7-3-5-16-4-1-2-6-17(16)18)23-9-8-22-19-14-20(25-15-24-19)26-10-12-28-13-11-26/h1-7,14-15H,8-13H2,(H,23,27)(H,22,24,25). The molecule has 1 aromatic heterocycles. The summed E-state index contributed by atoms with van der Waals surface area (Å²) in [6.07, 6.45) is 1.56. The summed E-state index contributed by atoms with van der Waals surface area (Å²) in [6.45, 7) is 4.17. The van der Waals surface area contributed by atoms with Crippen LogP contribution in [0.3, 0.4) is 0 Å². The number of nitrogens with zero attached hydrogens (tertiary/aromatic N) is 3. The molecule has 28 heavy (non-hydrogen) atoms. The molecule has 0 spiro atoms. The minimum absolute atomic E-state index is 0.0738. The largest absolute Gasteiger partial charge is 0.378 e. The Morgan fingerprint density at radius 1 is 1.04 bits per heavy atom. The number of hydrogen-bond donors (Lipinski definition) is 2. The van der Waals surface area contributed by atoms with Crippen LogP contribution >= 0.6 is 0 Å². The highest BCUT2D eigenvalue weighted by atomic mass is 16.5. The van der Waals surface area contributed by atoms with Crippen molar-refractivity contribution >= 4 is 28.3 Å². The number of benzene rings is 2. The number of carbonyl (C=O) groups excluding carboxylic acids is 1. The summed E-state index contributed by atoms with van der Waals surface area (Å²) in [7, 11) is 0. The summed E-state index contributed by atoms with van der Waals surface area (Å²) < 4.78 is 5.38. The molecule has 1 fully saturated rings. The van der Waals surface area contributed by atoms with Gasteiger partial charge in [-0.1, -0.05) is 36.4 Å². The van der Waals surface area contributed by atoms with E-state index in [1.807, 2.05) is 48.5 Å². The maximum Gasteiger partial charge on any atom is 0.251 e. The van der Waals surface area contributed by atoms with Crippen LogP contribution in [0.15, 0.2) is 54.9 Å². The first-order valence-electron chi connectivity index (χ1n) is 9.46. The van der Waals surface area contributed by atoms with Gasteiger partial charge < -0.3 is 20.3 Å². The number of anilines is 2. The summed E-state index contributed by atoms with van der Waals surface area (Å²) >= 11 is 0. The predicted octanol–water partition coefficient (Wildman–Crippen LogP) is 2.31. The van der Waals surface area contributed by atoms with Crippen molar-refractivity contribution in [1.82, 2.24) is 15.3 Å². The van der Waals surface area contributed by atoms with Crippen molar-refractivity contribution in [2.75, 3.05) is 49.6 Å². The number of aromatic nitrogens is 2. The van der Waals surface area contributed by atoms with Gasteiger partial charge in [-0.05, 0) is 16.8 Å². The molecule has 0 unspecified atom stereocenters. The highest BCUT2D eigenvalue weighted by Crippen LogP contribution is 2.18. The molecule has 2 aromatic carbocycles. The molecule has 0 saturated carbocycles. The number of morpholine rings is 1. The van der Waals surface area contributed by atoms with Crippen LogP contribution in [0.1, 0.15) is 10.4 Å². The van der Waals surface area contributed by atoms with Crippen LogP contribution in [-0.2, 0) is 4.74 Å². The molecule has 1 aliphatic rings. The fraction of sp³-hybridized carbons (Fsp3) is 0.286. The van der Waals surface area contributed by atoms with Crippen LogP contribution in [0.25, 0.3) is 10.8 Å². The average molecular weight is 377 g/mol. The zero-order valence-corrected chi connectivity index (χ0v) is 15.6. The third-order valence-electron chi connectivity index (χ3n) is 4.74. The van der Waals surface area contributed by atoms with Gasteiger partial charge >= 0.3 is 0 Å². The van der Waals surface area contributed by atoms with E-state index in [1.165, 1.54) is 0 Å². The first-order valence-corrected chi connectivity index (χ1v) is 9.46. The van der Waals surface area contributed by atoms with Crippen LogP contribution in [0, 0.1) is 0 Å². The first kappa shape index (κ1) is 18.2. The van der Waals surface area contributed by atoms with Crippen molar-refractivity contribution in [1.29, 1.82) is 0 Å². The Balaban J connectivity index is 1.31. The summed E-state index contributed by atoms with van der Waals surface area (Å²) in [4.78, 5) is 23.3. The van der Waals surface area contributed by atoms with Crippen molar-refractivity contribution in [3.8, 4) is 0 Å². The summed E-state index contributed by atoms with van der Waals surface area (Å²) in [6, 6.07) is 15.6. The maximum atomic E-state index is 12.5. The number of carbonyl (C=O) groups is 1. The lowest BCUT2D eigenvalue weighted by Crippen LogP contribution is -2.36. The van der Waals surface area contributed by atoms with Gasteiger partial charge in [-0.25, -0.2) is 9.97 Å². The first-order chi connectivity index (χ1) is 13.8. The van der Waals surface area contributed by atoms with E-state index in [-0.39, 0.29) is 5.91 Å². The van der Waals surface area contributed by atoms with Crippen LogP contribution in [0.2, 0.25) is 0 Å². The van der Waals surface area contributed by atoms with Crippen molar-refractivity contribution in [2.45, 2.75) is 0 Å². The molecular weight excluding hydrogens is 354 g/mol. The van der Waals surface area contributed by atoms with Crippen molar-refractivity contribution in [3.63, 3.8) is 0 Å². The molecule has 144 valence electrons. The predicted molar refractivity (Wildman–Crippen MR) is 110 cm³/mol. The molecule has 0 bridgehead atoms. The number of rotatable bonds is 6. The lowest BCUT2D eigenvalue weighted by molar-refractivity contribution is 0.0957. The molecule has 4 rings (SSSR count). The van der Waals surface area contributed by atoms with Gasteiger partial charge in [0.15, 0.2) is 0 Å². The minimum Gasteiger partial charge on any atom is -0.378 e. The van der Waals surface area contributed by atoms with Crippen LogP contribution in [0.5, 0.6) is 0 Å². The van der Waals surface area contributed by atoms with Crippen molar-refractivity contribution < 1.29 is 9.53 Å². The number of hydrogen-bond acceptors (Lipinski definition) is 6. The highest BCUT2D eigenvalue weighted by molar-refractivity contribution is 6.06. The molecule has 2 N–H and O–H groups in total. The van der Waals surface area contributed by atoms with Crippen LogP contribution in [0.4, 0.5) is 11.6 Å². The third kappa shape index (κ3) is 4.20. The molecule has 3 aromatic rings. The number of fused-ring (bicyclic) bond motifs is 1. The Morgan fingerprint density at radius 3 is 2.75 bits per heavy atom. The SMILES string of the molecule is O=C(NCCNc1cc(N2CCOCC2)ncn1)c1cccc2ccccc12. The Hall–Kier alpha value is -3.19. The lowest BCUT2D eigenvalue weighted by Gasteiger charge is -2.27. The number of amides is 1. The fourth-order valence-electron chi connectivity index (χ4n) is 3.29.